The van der Waals surface area contributed by atoms with E-state index >= 15 is 0 Å². The van der Waals surface area contributed by atoms with E-state index in [4.69, 9.17) is 4.74 Å². The molecule has 0 radical (unpaired) electrons. The van der Waals surface area contributed by atoms with E-state index < -0.39 is 16.0 Å². The first kappa shape index (κ1) is 21.8. The van der Waals surface area contributed by atoms with Crippen molar-refractivity contribution in [2.45, 2.75) is 68.7 Å². The second-order valence-electron chi connectivity index (χ2n) is 7.82. The van der Waals surface area contributed by atoms with Crippen molar-refractivity contribution in [1.29, 1.82) is 0 Å². The number of hydrogen-bond donors (Lipinski definition) is 1. The molecule has 0 bridgehead atoms. The zero-order chi connectivity index (χ0) is 20.7. The molecule has 2 aliphatic rings. The predicted octanol–water partition coefficient (Wildman–Crippen LogP) is 2.86. The Bertz CT molecular complexity index is 810. The molecule has 1 aromatic carbocycles. The molecule has 1 aliphatic carbocycles. The monoisotopic (exact) mass is 422 g/mol. The third-order valence-corrected chi connectivity index (χ3v) is 7.47. The number of rotatable bonds is 6. The van der Waals surface area contributed by atoms with Crippen molar-refractivity contribution in [3.63, 3.8) is 0 Å². The van der Waals surface area contributed by atoms with E-state index in [-0.39, 0.29) is 29.0 Å². The van der Waals surface area contributed by atoms with Crippen molar-refractivity contribution in [2.75, 3.05) is 19.7 Å². The van der Waals surface area contributed by atoms with Crippen LogP contribution in [-0.2, 0) is 19.6 Å². The molecule has 0 spiro atoms. The van der Waals surface area contributed by atoms with Crippen molar-refractivity contribution < 1.29 is 22.7 Å². The molecule has 1 saturated heterocycles. The standard InChI is InChI=1S/C21H30N2O5S/c24-20(22-18-10-4-2-1-3-5-11-18)16-28-21(25)17-9-8-12-19(15-17)29(26,27)23-13-6-7-14-23/h8-9,12,15,18H,1-7,10-11,13-14,16H2,(H,22,24). The van der Waals surface area contributed by atoms with Gasteiger partial charge in [0, 0.05) is 19.1 Å². The van der Waals surface area contributed by atoms with Crippen LogP contribution in [0.5, 0.6) is 0 Å². The van der Waals surface area contributed by atoms with Crippen LogP contribution in [-0.4, -0.2) is 50.3 Å². The molecular formula is C21H30N2O5S. The number of esters is 1. The summed E-state index contributed by atoms with van der Waals surface area (Å²) < 4.78 is 31.9. The Morgan fingerprint density at radius 2 is 1.66 bits per heavy atom. The van der Waals surface area contributed by atoms with Gasteiger partial charge in [-0.3, -0.25) is 4.79 Å². The summed E-state index contributed by atoms with van der Waals surface area (Å²) in [5.41, 5.74) is 0.129. The highest BCUT2D eigenvalue weighted by Crippen LogP contribution is 2.22. The Balaban J connectivity index is 1.54. The fourth-order valence-corrected chi connectivity index (χ4v) is 5.51. The molecule has 1 N–H and O–H groups in total. The predicted molar refractivity (Wildman–Crippen MR) is 109 cm³/mol. The van der Waals surface area contributed by atoms with Crippen LogP contribution >= 0.6 is 0 Å². The number of benzene rings is 1. The number of carbonyl (C=O) groups is 2. The van der Waals surface area contributed by atoms with Crippen LogP contribution in [0.15, 0.2) is 29.2 Å². The lowest BCUT2D eigenvalue weighted by Gasteiger charge is -2.21. The Morgan fingerprint density at radius 1 is 1.00 bits per heavy atom. The van der Waals surface area contributed by atoms with Crippen LogP contribution in [0.4, 0.5) is 0 Å². The fraction of sp³-hybridized carbons (Fsp3) is 0.619. The maximum Gasteiger partial charge on any atom is 0.338 e. The highest BCUT2D eigenvalue weighted by Gasteiger charge is 2.28. The van der Waals surface area contributed by atoms with E-state index in [0.717, 1.165) is 38.5 Å². The molecule has 29 heavy (non-hydrogen) atoms. The van der Waals surface area contributed by atoms with Gasteiger partial charge in [-0.1, -0.05) is 38.2 Å². The summed E-state index contributed by atoms with van der Waals surface area (Å²) in [6.07, 6.45) is 9.44. The van der Waals surface area contributed by atoms with E-state index in [1.807, 2.05) is 0 Å². The number of carbonyl (C=O) groups excluding carboxylic acids is 2. The van der Waals surface area contributed by atoms with E-state index in [0.29, 0.717) is 13.1 Å². The van der Waals surface area contributed by atoms with E-state index in [1.165, 1.54) is 47.8 Å². The van der Waals surface area contributed by atoms with Gasteiger partial charge in [0.1, 0.15) is 0 Å². The highest BCUT2D eigenvalue weighted by atomic mass is 32.2. The number of amides is 1. The maximum atomic E-state index is 12.7. The zero-order valence-corrected chi connectivity index (χ0v) is 17.6. The van der Waals surface area contributed by atoms with Gasteiger partial charge in [0.25, 0.3) is 5.91 Å². The first-order valence-electron chi connectivity index (χ1n) is 10.5. The first-order chi connectivity index (χ1) is 14.0. The fourth-order valence-electron chi connectivity index (χ4n) is 3.95. The lowest BCUT2D eigenvalue weighted by molar-refractivity contribution is -0.125. The lowest BCUT2D eigenvalue weighted by Crippen LogP contribution is -2.38. The van der Waals surface area contributed by atoms with E-state index in [1.54, 1.807) is 0 Å². The summed E-state index contributed by atoms with van der Waals surface area (Å²) >= 11 is 0. The Labute approximate surface area is 172 Å². The SMILES string of the molecule is O=C(COC(=O)c1cccc(S(=O)(=O)N2CCCC2)c1)NC1CCCCCCC1. The zero-order valence-electron chi connectivity index (χ0n) is 16.8. The quantitative estimate of drug-likeness (QED) is 0.712. The van der Waals surface area contributed by atoms with Crippen molar-refractivity contribution in [3.8, 4) is 0 Å². The van der Waals surface area contributed by atoms with Gasteiger partial charge in [0.15, 0.2) is 6.61 Å². The molecule has 0 unspecified atom stereocenters. The highest BCUT2D eigenvalue weighted by molar-refractivity contribution is 7.89. The summed E-state index contributed by atoms with van der Waals surface area (Å²) in [5, 5.41) is 2.95. The van der Waals surface area contributed by atoms with E-state index in [9.17, 15) is 18.0 Å². The molecule has 1 aromatic rings. The Hall–Kier alpha value is -1.93. The van der Waals surface area contributed by atoms with Gasteiger partial charge in [0.05, 0.1) is 10.5 Å². The Kier molecular flexibility index (Phi) is 7.66. The number of nitrogens with zero attached hydrogens (tertiary/aromatic N) is 1. The summed E-state index contributed by atoms with van der Waals surface area (Å²) in [6, 6.07) is 5.95. The van der Waals surface area contributed by atoms with Crippen LogP contribution < -0.4 is 5.32 Å². The summed E-state index contributed by atoms with van der Waals surface area (Å²) in [7, 11) is -3.61. The molecule has 160 valence electrons. The van der Waals surface area contributed by atoms with Gasteiger partial charge in [-0.25, -0.2) is 13.2 Å². The van der Waals surface area contributed by atoms with Crippen LogP contribution in [0, 0.1) is 0 Å². The molecule has 1 saturated carbocycles. The van der Waals surface area contributed by atoms with Crippen molar-refractivity contribution in [1.82, 2.24) is 9.62 Å². The van der Waals surface area contributed by atoms with Gasteiger partial charge in [-0.15, -0.1) is 0 Å². The molecular weight excluding hydrogens is 392 g/mol. The minimum absolute atomic E-state index is 0.0767. The summed E-state index contributed by atoms with van der Waals surface area (Å²) in [5.74, 6) is -1.01. The normalized spacial score (nSPS) is 19.3. The molecule has 8 heteroatoms. The van der Waals surface area contributed by atoms with Crippen molar-refractivity contribution in [3.05, 3.63) is 29.8 Å². The minimum atomic E-state index is -3.61. The van der Waals surface area contributed by atoms with Crippen molar-refractivity contribution in [2.24, 2.45) is 0 Å². The van der Waals surface area contributed by atoms with Gasteiger partial charge < -0.3 is 10.1 Å². The average Bonchev–Trinajstić information content (AvgIpc) is 3.24. The summed E-state index contributed by atoms with van der Waals surface area (Å²) in [4.78, 5) is 24.6. The first-order valence-corrected chi connectivity index (χ1v) is 12.0. The Morgan fingerprint density at radius 3 is 2.34 bits per heavy atom. The molecule has 1 amide bonds. The van der Waals surface area contributed by atoms with Crippen molar-refractivity contribution >= 4 is 21.9 Å². The molecule has 1 aliphatic heterocycles. The van der Waals surface area contributed by atoms with Crippen LogP contribution in [0.1, 0.15) is 68.1 Å². The number of hydrogen-bond acceptors (Lipinski definition) is 5. The van der Waals surface area contributed by atoms with Gasteiger partial charge in [-0.2, -0.15) is 4.31 Å². The molecule has 3 rings (SSSR count). The topological polar surface area (TPSA) is 92.8 Å². The average molecular weight is 423 g/mol. The molecule has 2 fully saturated rings. The third-order valence-electron chi connectivity index (χ3n) is 5.58. The number of sulfonamides is 1. The number of ether oxygens (including phenoxy) is 1. The minimum Gasteiger partial charge on any atom is -0.452 e. The summed E-state index contributed by atoms with van der Waals surface area (Å²) in [6.45, 7) is 0.634. The van der Waals surface area contributed by atoms with Gasteiger partial charge in [0.2, 0.25) is 10.0 Å². The van der Waals surface area contributed by atoms with Crippen LogP contribution in [0.3, 0.4) is 0 Å². The molecule has 0 aromatic heterocycles. The second-order valence-corrected chi connectivity index (χ2v) is 9.76. The molecule has 7 nitrogen and oxygen atoms in total. The lowest BCUT2D eigenvalue weighted by atomic mass is 9.97. The number of nitrogens with one attached hydrogen (secondary N) is 1. The molecule has 0 atom stereocenters. The largest absolute Gasteiger partial charge is 0.452 e. The van der Waals surface area contributed by atoms with Crippen LogP contribution in [0.2, 0.25) is 0 Å². The van der Waals surface area contributed by atoms with E-state index in [2.05, 4.69) is 5.32 Å². The maximum absolute atomic E-state index is 12.7. The van der Waals surface area contributed by atoms with Gasteiger partial charge >= 0.3 is 5.97 Å². The smallest absolute Gasteiger partial charge is 0.338 e. The van der Waals surface area contributed by atoms with Gasteiger partial charge in [-0.05, 0) is 43.9 Å². The second kappa shape index (κ2) is 10.2. The molecule has 1 heterocycles. The third kappa shape index (κ3) is 6.02. The van der Waals surface area contributed by atoms with Crippen LogP contribution in [0.25, 0.3) is 0 Å².